The van der Waals surface area contributed by atoms with E-state index in [4.69, 9.17) is 0 Å². The predicted molar refractivity (Wildman–Crippen MR) is 51.0 cm³/mol. The Kier molecular flexibility index (Phi) is 4.56. The van der Waals surface area contributed by atoms with Gasteiger partial charge < -0.3 is 4.90 Å². The minimum Gasteiger partial charge on any atom is -0.305 e. The minimum atomic E-state index is -0.157. The van der Waals surface area contributed by atoms with Crippen LogP contribution in [-0.4, -0.2) is 19.0 Å². The van der Waals surface area contributed by atoms with E-state index in [2.05, 4.69) is 4.90 Å². The van der Waals surface area contributed by atoms with E-state index in [-0.39, 0.29) is 10.5 Å². The third-order valence-electron chi connectivity index (χ3n) is 1.79. The summed E-state index contributed by atoms with van der Waals surface area (Å²) in [6, 6.07) is 4.91. The van der Waals surface area contributed by atoms with E-state index in [0.717, 1.165) is 12.1 Å². The normalized spacial score (nSPS) is 9.92. The highest BCUT2D eigenvalue weighted by Crippen LogP contribution is 2.11. The first kappa shape index (κ1) is 12.0. The van der Waals surface area contributed by atoms with Crippen molar-refractivity contribution in [3.05, 3.63) is 35.1 Å². The summed E-state index contributed by atoms with van der Waals surface area (Å²) >= 11 is 0. The summed E-state index contributed by atoms with van der Waals surface area (Å²) in [6.45, 7) is 2.80. The van der Waals surface area contributed by atoms with Gasteiger partial charge >= 0.3 is 0 Å². The second-order valence-corrected chi connectivity index (χ2v) is 3.31. The predicted octanol–water partition coefficient (Wildman–Crippen LogP) is 2.35. The third kappa shape index (κ3) is 3.51. The van der Waals surface area contributed by atoms with Crippen LogP contribution in [0.5, 0.6) is 0 Å². The lowest BCUT2D eigenvalue weighted by Gasteiger charge is -2.11. The summed E-state index contributed by atoms with van der Waals surface area (Å²) in [5, 5.41) is 0. The smallest absolute Gasteiger partial charge is 0.123 e. The molecule has 1 nitrogen and oxygen atoms in total. The van der Waals surface area contributed by atoms with E-state index < -0.39 is 0 Å². The van der Waals surface area contributed by atoms with Crippen LogP contribution in [0.15, 0.2) is 18.2 Å². The topological polar surface area (TPSA) is 3.24 Å². The van der Waals surface area contributed by atoms with Gasteiger partial charge in [0.2, 0.25) is 0 Å². The van der Waals surface area contributed by atoms with Gasteiger partial charge in [-0.05, 0) is 44.3 Å². The summed E-state index contributed by atoms with van der Waals surface area (Å²) in [4.78, 5) is 2.07. The van der Waals surface area contributed by atoms with Crippen molar-refractivity contribution in [2.24, 2.45) is 0 Å². The van der Waals surface area contributed by atoms with Crippen molar-refractivity contribution >= 4 is 0 Å². The van der Waals surface area contributed by atoms with E-state index in [9.17, 15) is 4.39 Å². The largest absolute Gasteiger partial charge is 0.305 e. The number of rotatable bonds is 2. The molecule has 0 spiro atoms. The second-order valence-electron chi connectivity index (χ2n) is 3.31. The lowest BCUT2D eigenvalue weighted by Crippen LogP contribution is -2.11. The molecular weight excluding hydrogens is 172 g/mol. The van der Waals surface area contributed by atoms with Crippen molar-refractivity contribution < 1.29 is 9.09 Å². The molecule has 0 aliphatic heterocycles. The molecular formula is C10H15F2N. The Hall–Kier alpha value is -0.960. The first-order chi connectivity index (χ1) is 5.59. The minimum absolute atomic E-state index is 0. The van der Waals surface area contributed by atoms with Gasteiger partial charge in [0.05, 0.1) is 0 Å². The molecule has 13 heavy (non-hydrogen) atoms. The zero-order valence-corrected chi connectivity index (χ0v) is 8.17. The summed E-state index contributed by atoms with van der Waals surface area (Å²) < 4.78 is 12.7. The monoisotopic (exact) mass is 187 g/mol. The average Bonchev–Trinajstić information content (AvgIpc) is 1.94. The van der Waals surface area contributed by atoms with Crippen LogP contribution in [0.1, 0.15) is 11.1 Å². The van der Waals surface area contributed by atoms with Crippen LogP contribution in [0.25, 0.3) is 0 Å². The Bertz CT molecular complexity index is 272. The van der Waals surface area contributed by atoms with E-state index in [1.807, 2.05) is 27.1 Å². The fourth-order valence-corrected chi connectivity index (χ4v) is 1.18. The molecule has 1 rings (SSSR count). The fourth-order valence-electron chi connectivity index (χ4n) is 1.18. The van der Waals surface area contributed by atoms with Crippen molar-refractivity contribution in [2.45, 2.75) is 13.5 Å². The summed E-state index contributed by atoms with van der Waals surface area (Å²) in [5.74, 6) is -0.157. The maximum Gasteiger partial charge on any atom is 0.123 e. The van der Waals surface area contributed by atoms with Crippen LogP contribution >= 0.6 is 0 Å². The van der Waals surface area contributed by atoms with Crippen LogP contribution in [0.4, 0.5) is 9.09 Å². The van der Waals surface area contributed by atoms with Gasteiger partial charge in [0.15, 0.2) is 0 Å². The summed E-state index contributed by atoms with van der Waals surface area (Å²) in [7, 11) is 4.01. The maximum atomic E-state index is 12.7. The molecule has 1 aromatic carbocycles. The molecule has 0 bridgehead atoms. The van der Waals surface area contributed by atoms with Crippen molar-refractivity contribution in [3.63, 3.8) is 0 Å². The molecule has 0 fully saturated rings. The Morgan fingerprint density at radius 3 is 2.38 bits per heavy atom. The van der Waals surface area contributed by atoms with Gasteiger partial charge in [0.25, 0.3) is 0 Å². The molecule has 0 heterocycles. The number of halogens is 2. The lowest BCUT2D eigenvalue weighted by molar-refractivity contribution is 0.401. The average molecular weight is 187 g/mol. The zero-order valence-electron chi connectivity index (χ0n) is 8.17. The standard InChI is InChI=1S/C10H14FN.FH/c1-8-6-10(11)5-4-9(8)7-12(2)3;/h4-6H,7H2,1-3H3;1H. The molecule has 0 N–H and O–H groups in total. The van der Waals surface area contributed by atoms with Crippen LogP contribution in [-0.2, 0) is 6.54 Å². The van der Waals surface area contributed by atoms with Gasteiger partial charge in [0.1, 0.15) is 5.82 Å². The van der Waals surface area contributed by atoms with E-state index in [1.54, 1.807) is 6.07 Å². The van der Waals surface area contributed by atoms with Crippen LogP contribution in [0.2, 0.25) is 0 Å². The molecule has 0 saturated carbocycles. The van der Waals surface area contributed by atoms with Crippen LogP contribution in [0.3, 0.4) is 0 Å². The van der Waals surface area contributed by atoms with E-state index in [1.165, 1.54) is 11.6 Å². The molecule has 0 aliphatic rings. The summed E-state index contributed by atoms with van der Waals surface area (Å²) in [6.07, 6.45) is 0. The quantitative estimate of drug-likeness (QED) is 0.687. The highest BCUT2D eigenvalue weighted by Gasteiger charge is 2.00. The zero-order chi connectivity index (χ0) is 9.14. The Morgan fingerprint density at radius 1 is 1.31 bits per heavy atom. The lowest BCUT2D eigenvalue weighted by atomic mass is 10.1. The molecule has 0 amide bonds. The van der Waals surface area contributed by atoms with Crippen LogP contribution in [0, 0.1) is 12.7 Å². The van der Waals surface area contributed by atoms with Crippen molar-refractivity contribution in [3.8, 4) is 0 Å². The van der Waals surface area contributed by atoms with Gasteiger partial charge in [-0.1, -0.05) is 6.07 Å². The second kappa shape index (κ2) is 4.92. The van der Waals surface area contributed by atoms with Gasteiger partial charge in [-0.25, -0.2) is 4.39 Å². The molecule has 0 aromatic heterocycles. The molecule has 0 unspecified atom stereocenters. The molecule has 0 atom stereocenters. The molecule has 0 aliphatic carbocycles. The van der Waals surface area contributed by atoms with E-state index in [0.29, 0.717) is 0 Å². The first-order valence-corrected chi connectivity index (χ1v) is 3.99. The molecule has 1 aromatic rings. The number of hydrogen-bond acceptors (Lipinski definition) is 1. The highest BCUT2D eigenvalue weighted by molar-refractivity contribution is 5.26. The number of nitrogens with zero attached hydrogens (tertiary/aromatic N) is 1. The van der Waals surface area contributed by atoms with Gasteiger partial charge in [-0.3, -0.25) is 4.70 Å². The SMILES string of the molecule is Cc1cc(F)ccc1CN(C)C.F. The maximum absolute atomic E-state index is 12.7. The Labute approximate surface area is 77.5 Å². The highest BCUT2D eigenvalue weighted by atomic mass is 19.1. The van der Waals surface area contributed by atoms with Crippen molar-refractivity contribution in [1.82, 2.24) is 4.90 Å². The van der Waals surface area contributed by atoms with Gasteiger partial charge in [-0.2, -0.15) is 0 Å². The molecule has 74 valence electrons. The number of benzene rings is 1. The molecule has 0 radical (unpaired) electrons. The number of hydrogen-bond donors (Lipinski definition) is 0. The Balaban J connectivity index is 0.00000144. The Morgan fingerprint density at radius 2 is 1.92 bits per heavy atom. The van der Waals surface area contributed by atoms with Crippen molar-refractivity contribution in [2.75, 3.05) is 14.1 Å². The van der Waals surface area contributed by atoms with Gasteiger partial charge in [-0.15, -0.1) is 0 Å². The first-order valence-electron chi connectivity index (χ1n) is 3.99. The van der Waals surface area contributed by atoms with E-state index >= 15 is 0 Å². The van der Waals surface area contributed by atoms with Crippen molar-refractivity contribution in [1.29, 1.82) is 0 Å². The third-order valence-corrected chi connectivity index (χ3v) is 1.79. The number of aryl methyl sites for hydroxylation is 1. The summed E-state index contributed by atoms with van der Waals surface area (Å²) in [5.41, 5.74) is 2.20. The molecule has 0 saturated heterocycles. The molecule has 3 heteroatoms. The fraction of sp³-hybridized carbons (Fsp3) is 0.400. The van der Waals surface area contributed by atoms with Crippen LogP contribution < -0.4 is 0 Å². The van der Waals surface area contributed by atoms with Gasteiger partial charge in [0, 0.05) is 6.54 Å².